The van der Waals surface area contributed by atoms with Crippen molar-refractivity contribution in [3.8, 4) is 5.88 Å². The minimum Gasteiger partial charge on any atom is -0.524 e. The first kappa shape index (κ1) is 15.0. The van der Waals surface area contributed by atoms with Gasteiger partial charge in [0.2, 0.25) is 0 Å². The summed E-state index contributed by atoms with van der Waals surface area (Å²) in [5, 5.41) is 0. The average molecular weight is 214 g/mol. The van der Waals surface area contributed by atoms with Gasteiger partial charge >= 0.3 is 18.9 Å². The molecular weight excluding hydrogens is 199 g/mol. The van der Waals surface area contributed by atoms with Gasteiger partial charge in [0, 0.05) is 13.1 Å². The molecule has 0 spiro atoms. The van der Waals surface area contributed by atoms with Crippen LogP contribution in [0.5, 0.6) is 5.88 Å². The van der Waals surface area contributed by atoms with Crippen LogP contribution in [0.2, 0.25) is 0 Å². The standard InChI is InChI=1S/C11H15N2O2.Li/c1-4-13(5-2)11(14)9-7-6-8-12-10(9)15-3;/h6,8H,4-5H2,1-3H3;/q-1;+1. The molecule has 0 bridgehead atoms. The van der Waals surface area contributed by atoms with Crippen molar-refractivity contribution in [2.24, 2.45) is 0 Å². The molecule has 5 heteroatoms. The summed E-state index contributed by atoms with van der Waals surface area (Å²) in [7, 11) is 1.50. The monoisotopic (exact) mass is 214 g/mol. The van der Waals surface area contributed by atoms with Crippen LogP contribution in [0, 0.1) is 6.07 Å². The van der Waals surface area contributed by atoms with Crippen LogP contribution < -0.4 is 23.6 Å². The van der Waals surface area contributed by atoms with E-state index in [0.29, 0.717) is 24.5 Å². The summed E-state index contributed by atoms with van der Waals surface area (Å²) < 4.78 is 5.02. The molecule has 0 saturated carbocycles. The van der Waals surface area contributed by atoms with Crippen molar-refractivity contribution >= 4 is 5.91 Å². The quantitative estimate of drug-likeness (QED) is 0.447. The van der Waals surface area contributed by atoms with Gasteiger partial charge in [0.15, 0.2) is 5.91 Å². The zero-order valence-electron chi connectivity index (χ0n) is 10.3. The summed E-state index contributed by atoms with van der Waals surface area (Å²) in [6.07, 6.45) is 1.55. The number of ether oxygens (including phenoxy) is 1. The smallest absolute Gasteiger partial charge is 0.524 e. The van der Waals surface area contributed by atoms with E-state index in [-0.39, 0.29) is 24.8 Å². The Morgan fingerprint density at radius 2 is 2.12 bits per heavy atom. The third-order valence-electron chi connectivity index (χ3n) is 2.17. The van der Waals surface area contributed by atoms with E-state index in [1.165, 1.54) is 7.11 Å². The summed E-state index contributed by atoms with van der Waals surface area (Å²) in [5.41, 5.74) is 0.392. The summed E-state index contributed by atoms with van der Waals surface area (Å²) >= 11 is 0. The van der Waals surface area contributed by atoms with Crippen LogP contribution >= 0.6 is 0 Å². The van der Waals surface area contributed by atoms with E-state index in [1.54, 1.807) is 17.2 Å². The first-order chi connectivity index (χ1) is 7.24. The van der Waals surface area contributed by atoms with E-state index < -0.39 is 0 Å². The van der Waals surface area contributed by atoms with Gasteiger partial charge in [-0.1, -0.05) is 6.20 Å². The van der Waals surface area contributed by atoms with E-state index in [4.69, 9.17) is 4.74 Å². The van der Waals surface area contributed by atoms with Crippen molar-refractivity contribution in [1.82, 2.24) is 9.88 Å². The Morgan fingerprint density at radius 3 is 2.62 bits per heavy atom. The molecule has 0 aromatic carbocycles. The molecule has 1 heterocycles. The maximum atomic E-state index is 12.0. The van der Waals surface area contributed by atoms with E-state index in [0.717, 1.165) is 0 Å². The number of aromatic nitrogens is 1. The Labute approximate surface area is 108 Å². The molecule has 0 saturated heterocycles. The molecule has 1 rings (SSSR count). The number of pyridine rings is 1. The number of carbonyl (C=O) groups excluding carboxylic acids is 1. The molecule has 4 nitrogen and oxygen atoms in total. The van der Waals surface area contributed by atoms with Gasteiger partial charge in [-0.2, -0.15) is 0 Å². The number of hydrogen-bond acceptors (Lipinski definition) is 3. The van der Waals surface area contributed by atoms with Gasteiger partial charge in [-0.05, 0) is 19.4 Å². The first-order valence-electron chi connectivity index (χ1n) is 4.94. The Kier molecular flexibility index (Phi) is 6.87. The van der Waals surface area contributed by atoms with Crippen molar-refractivity contribution in [1.29, 1.82) is 0 Å². The maximum Gasteiger partial charge on any atom is 1.00 e. The van der Waals surface area contributed by atoms with Crippen molar-refractivity contribution in [2.45, 2.75) is 13.8 Å². The molecule has 0 unspecified atom stereocenters. The zero-order chi connectivity index (χ0) is 11.3. The second-order valence-electron chi connectivity index (χ2n) is 2.95. The van der Waals surface area contributed by atoms with Crippen LogP contribution in [0.15, 0.2) is 12.3 Å². The number of methoxy groups -OCH3 is 1. The van der Waals surface area contributed by atoms with Gasteiger partial charge in [0.05, 0.1) is 7.11 Å². The minimum absolute atomic E-state index is 0. The molecule has 0 N–H and O–H groups in total. The van der Waals surface area contributed by atoms with Gasteiger partial charge < -0.3 is 19.4 Å². The van der Waals surface area contributed by atoms with Crippen LogP contribution in [0.4, 0.5) is 0 Å². The Morgan fingerprint density at radius 1 is 1.50 bits per heavy atom. The molecule has 82 valence electrons. The first-order valence-corrected chi connectivity index (χ1v) is 4.94. The molecule has 0 aliphatic heterocycles. The van der Waals surface area contributed by atoms with Crippen LogP contribution in [0.25, 0.3) is 0 Å². The molecule has 0 fully saturated rings. The van der Waals surface area contributed by atoms with Crippen molar-refractivity contribution < 1.29 is 28.4 Å². The minimum atomic E-state index is -0.0926. The van der Waals surface area contributed by atoms with Crippen LogP contribution in [0.3, 0.4) is 0 Å². The normalized spacial score (nSPS) is 9.19. The van der Waals surface area contributed by atoms with E-state index in [2.05, 4.69) is 11.1 Å². The average Bonchev–Trinajstić information content (AvgIpc) is 2.30. The largest absolute Gasteiger partial charge is 1.00 e. The van der Waals surface area contributed by atoms with Crippen LogP contribution in [-0.2, 0) is 0 Å². The van der Waals surface area contributed by atoms with Gasteiger partial charge in [-0.25, -0.2) is 0 Å². The molecule has 0 atom stereocenters. The molecule has 1 aromatic rings. The van der Waals surface area contributed by atoms with Crippen LogP contribution in [0.1, 0.15) is 24.2 Å². The van der Waals surface area contributed by atoms with Gasteiger partial charge in [-0.3, -0.25) is 0 Å². The fourth-order valence-electron chi connectivity index (χ4n) is 1.33. The molecule has 0 aliphatic carbocycles. The summed E-state index contributed by atoms with van der Waals surface area (Å²) in [4.78, 5) is 17.6. The predicted octanol–water partition coefficient (Wildman–Crippen LogP) is -1.62. The number of rotatable bonds is 4. The number of hydrogen-bond donors (Lipinski definition) is 0. The van der Waals surface area contributed by atoms with E-state index in [1.807, 2.05) is 13.8 Å². The summed E-state index contributed by atoms with van der Waals surface area (Å²) in [6, 6.07) is 4.47. The second-order valence-corrected chi connectivity index (χ2v) is 2.95. The molecular formula is C11H15LiN2O2. The molecule has 1 aromatic heterocycles. The third-order valence-corrected chi connectivity index (χ3v) is 2.17. The third kappa shape index (κ3) is 3.26. The van der Waals surface area contributed by atoms with Gasteiger partial charge in [0.1, 0.15) is 5.88 Å². The van der Waals surface area contributed by atoms with E-state index in [9.17, 15) is 4.79 Å². The maximum absolute atomic E-state index is 12.0. The number of amides is 1. The molecule has 1 amide bonds. The Bertz CT molecular complexity index is 341. The molecule has 0 aliphatic rings. The summed E-state index contributed by atoms with van der Waals surface area (Å²) in [6.45, 7) is 5.21. The van der Waals surface area contributed by atoms with Crippen molar-refractivity contribution in [2.75, 3.05) is 20.2 Å². The van der Waals surface area contributed by atoms with Crippen molar-refractivity contribution in [3.05, 3.63) is 23.9 Å². The Balaban J connectivity index is 0.00000225. The zero-order valence-corrected chi connectivity index (χ0v) is 10.3. The number of carbonyl (C=O) groups is 1. The van der Waals surface area contributed by atoms with Crippen molar-refractivity contribution in [3.63, 3.8) is 0 Å². The topological polar surface area (TPSA) is 42.4 Å². The number of nitrogens with zero attached hydrogens (tertiary/aromatic N) is 2. The van der Waals surface area contributed by atoms with Gasteiger partial charge in [-0.15, -0.1) is 12.1 Å². The fraction of sp³-hybridized carbons (Fsp3) is 0.455. The Hall–Kier alpha value is -0.983. The SMILES string of the molecule is CCN(CC)C(=O)c1[c-]ccnc1OC.[Li+]. The fourth-order valence-corrected chi connectivity index (χ4v) is 1.33. The molecule has 16 heavy (non-hydrogen) atoms. The second kappa shape index (κ2) is 7.32. The predicted molar refractivity (Wildman–Crippen MR) is 56.9 cm³/mol. The van der Waals surface area contributed by atoms with E-state index >= 15 is 0 Å². The molecule has 0 radical (unpaired) electrons. The van der Waals surface area contributed by atoms with Crippen LogP contribution in [-0.4, -0.2) is 36.0 Å². The summed E-state index contributed by atoms with van der Waals surface area (Å²) in [5.74, 6) is 0.236. The van der Waals surface area contributed by atoms with Gasteiger partial charge in [0.25, 0.3) is 0 Å².